The summed E-state index contributed by atoms with van der Waals surface area (Å²) in [6.45, 7) is 3.38. The summed E-state index contributed by atoms with van der Waals surface area (Å²) in [5, 5.41) is 0. The van der Waals surface area contributed by atoms with E-state index in [4.69, 9.17) is 0 Å². The van der Waals surface area contributed by atoms with Crippen molar-refractivity contribution in [2.75, 3.05) is 41.3 Å². The summed E-state index contributed by atoms with van der Waals surface area (Å²) in [6, 6.07) is 0. The van der Waals surface area contributed by atoms with Crippen LogP contribution in [0.5, 0.6) is 0 Å². The highest BCUT2D eigenvalue weighted by molar-refractivity contribution is 6.06. The lowest BCUT2D eigenvalue weighted by Crippen LogP contribution is -2.41. The SMILES string of the molecule is CC(=O)C(C)C(=O)N(C)CCN(C)C(=O)CC(=O)CC(=O)N(C)C. The molecule has 0 heterocycles. The van der Waals surface area contributed by atoms with Crippen LogP contribution >= 0.6 is 0 Å². The molecule has 1 unspecified atom stereocenters. The molecule has 0 rings (SSSR count). The molecular weight excluding hydrogens is 314 g/mol. The molecule has 0 fully saturated rings. The molecule has 0 spiro atoms. The number of hydrogen-bond acceptors (Lipinski definition) is 5. The average molecular weight is 341 g/mol. The third-order valence-corrected chi connectivity index (χ3v) is 3.75. The Morgan fingerprint density at radius 3 is 1.71 bits per heavy atom. The van der Waals surface area contributed by atoms with Crippen molar-refractivity contribution in [1.29, 1.82) is 0 Å². The molecule has 0 radical (unpaired) electrons. The molecular formula is C16H27N3O5. The van der Waals surface area contributed by atoms with Gasteiger partial charge in [-0.05, 0) is 13.8 Å². The zero-order valence-corrected chi connectivity index (χ0v) is 15.3. The standard InChI is InChI=1S/C16H27N3O5/c1-11(12(2)20)16(24)19(6)8-7-18(5)15(23)10-13(21)9-14(22)17(3)4/h11H,7-10H2,1-6H3. The lowest BCUT2D eigenvalue weighted by molar-refractivity contribution is -0.141. The van der Waals surface area contributed by atoms with Crippen LogP contribution in [0.1, 0.15) is 26.7 Å². The molecule has 0 saturated heterocycles. The van der Waals surface area contributed by atoms with Crippen molar-refractivity contribution in [3.8, 4) is 0 Å². The van der Waals surface area contributed by atoms with Crippen LogP contribution in [0, 0.1) is 5.92 Å². The van der Waals surface area contributed by atoms with Crippen molar-refractivity contribution in [2.24, 2.45) is 5.92 Å². The van der Waals surface area contributed by atoms with E-state index in [0.29, 0.717) is 0 Å². The van der Waals surface area contributed by atoms with Crippen molar-refractivity contribution < 1.29 is 24.0 Å². The molecule has 8 heteroatoms. The molecule has 0 saturated carbocycles. The fourth-order valence-electron chi connectivity index (χ4n) is 1.73. The highest BCUT2D eigenvalue weighted by Gasteiger charge is 2.22. The molecule has 0 aliphatic heterocycles. The van der Waals surface area contributed by atoms with Crippen LogP contribution in [0.3, 0.4) is 0 Å². The molecule has 8 nitrogen and oxygen atoms in total. The minimum absolute atomic E-state index is 0.215. The first-order chi connectivity index (χ1) is 11.0. The van der Waals surface area contributed by atoms with Gasteiger partial charge in [0.25, 0.3) is 0 Å². The first-order valence-electron chi connectivity index (χ1n) is 7.68. The lowest BCUT2D eigenvalue weighted by Gasteiger charge is -2.24. The number of nitrogens with zero attached hydrogens (tertiary/aromatic N) is 3. The predicted octanol–water partition coefficient (Wildman–Crippen LogP) is -0.434. The van der Waals surface area contributed by atoms with Gasteiger partial charge in [-0.15, -0.1) is 0 Å². The average Bonchev–Trinajstić information content (AvgIpc) is 2.49. The summed E-state index contributed by atoms with van der Waals surface area (Å²) >= 11 is 0. The van der Waals surface area contributed by atoms with Crippen molar-refractivity contribution in [3.63, 3.8) is 0 Å². The van der Waals surface area contributed by atoms with E-state index in [1.807, 2.05) is 0 Å². The summed E-state index contributed by atoms with van der Waals surface area (Å²) in [6.07, 6.45) is -0.654. The van der Waals surface area contributed by atoms with E-state index in [9.17, 15) is 24.0 Å². The molecule has 0 bridgehead atoms. The molecule has 24 heavy (non-hydrogen) atoms. The van der Waals surface area contributed by atoms with E-state index >= 15 is 0 Å². The van der Waals surface area contributed by atoms with Crippen LogP contribution in [0.15, 0.2) is 0 Å². The normalized spacial score (nSPS) is 11.4. The zero-order valence-electron chi connectivity index (χ0n) is 15.3. The fourth-order valence-corrected chi connectivity index (χ4v) is 1.73. The summed E-state index contributed by atoms with van der Waals surface area (Å²) in [4.78, 5) is 62.2. The number of hydrogen-bond donors (Lipinski definition) is 0. The van der Waals surface area contributed by atoms with Crippen LogP contribution in [0.25, 0.3) is 0 Å². The second kappa shape index (κ2) is 9.79. The minimum atomic E-state index is -0.713. The van der Waals surface area contributed by atoms with Gasteiger partial charge in [0.05, 0.1) is 18.8 Å². The number of ketones is 2. The zero-order chi connectivity index (χ0) is 19.0. The summed E-state index contributed by atoms with van der Waals surface area (Å²) in [5.74, 6) is -2.44. The Kier molecular flexibility index (Phi) is 8.87. The van der Waals surface area contributed by atoms with E-state index in [1.165, 1.54) is 35.6 Å². The monoisotopic (exact) mass is 341 g/mol. The van der Waals surface area contributed by atoms with Gasteiger partial charge in [0, 0.05) is 41.3 Å². The van der Waals surface area contributed by atoms with Gasteiger partial charge < -0.3 is 14.7 Å². The molecule has 136 valence electrons. The van der Waals surface area contributed by atoms with Gasteiger partial charge in [0.2, 0.25) is 17.7 Å². The maximum absolute atomic E-state index is 12.0. The Morgan fingerprint density at radius 2 is 1.25 bits per heavy atom. The quantitative estimate of drug-likeness (QED) is 0.530. The summed E-state index contributed by atoms with van der Waals surface area (Å²) < 4.78 is 0. The molecule has 0 aromatic heterocycles. The van der Waals surface area contributed by atoms with Gasteiger partial charge in [-0.3, -0.25) is 24.0 Å². The maximum Gasteiger partial charge on any atom is 0.232 e. The molecule has 0 aliphatic carbocycles. The first kappa shape index (κ1) is 21.8. The molecule has 0 N–H and O–H groups in total. The smallest absolute Gasteiger partial charge is 0.232 e. The number of Topliss-reactive ketones (excluding diaryl/α,β-unsaturated/α-hetero) is 2. The topological polar surface area (TPSA) is 95.1 Å². The van der Waals surface area contributed by atoms with Crippen molar-refractivity contribution in [3.05, 3.63) is 0 Å². The van der Waals surface area contributed by atoms with E-state index in [1.54, 1.807) is 21.1 Å². The van der Waals surface area contributed by atoms with Crippen molar-refractivity contribution >= 4 is 29.3 Å². The largest absolute Gasteiger partial charge is 0.348 e. The van der Waals surface area contributed by atoms with Crippen LogP contribution in [0.4, 0.5) is 0 Å². The molecule has 0 aromatic rings. The molecule has 0 aliphatic rings. The highest BCUT2D eigenvalue weighted by atomic mass is 16.2. The van der Waals surface area contributed by atoms with Crippen molar-refractivity contribution in [1.82, 2.24) is 14.7 Å². The number of carbonyl (C=O) groups excluding carboxylic acids is 5. The number of amides is 3. The van der Waals surface area contributed by atoms with Gasteiger partial charge in [-0.2, -0.15) is 0 Å². The second-order valence-electron chi connectivity index (χ2n) is 6.09. The minimum Gasteiger partial charge on any atom is -0.348 e. The Bertz CT molecular complexity index is 516. The Balaban J connectivity index is 4.37. The third-order valence-electron chi connectivity index (χ3n) is 3.75. The van der Waals surface area contributed by atoms with Gasteiger partial charge in [0.15, 0.2) is 5.78 Å². The number of likely N-dealkylation sites (N-methyl/N-ethyl adjacent to an activating group) is 2. The Labute approximate surface area is 142 Å². The predicted molar refractivity (Wildman–Crippen MR) is 88.1 cm³/mol. The van der Waals surface area contributed by atoms with E-state index < -0.39 is 17.6 Å². The second-order valence-corrected chi connectivity index (χ2v) is 6.09. The van der Waals surface area contributed by atoms with Gasteiger partial charge in [0.1, 0.15) is 5.78 Å². The maximum atomic E-state index is 12.0. The van der Waals surface area contributed by atoms with E-state index in [2.05, 4.69) is 0 Å². The Morgan fingerprint density at radius 1 is 0.792 bits per heavy atom. The van der Waals surface area contributed by atoms with Crippen LogP contribution in [-0.2, 0) is 24.0 Å². The highest BCUT2D eigenvalue weighted by Crippen LogP contribution is 2.03. The molecule has 1 atom stereocenters. The number of rotatable bonds is 9. The van der Waals surface area contributed by atoms with E-state index in [0.717, 1.165) is 0 Å². The van der Waals surface area contributed by atoms with Crippen molar-refractivity contribution in [2.45, 2.75) is 26.7 Å². The van der Waals surface area contributed by atoms with Crippen LogP contribution in [-0.4, -0.2) is 85.3 Å². The summed E-state index contributed by atoms with van der Waals surface area (Å²) in [7, 11) is 6.16. The fraction of sp³-hybridized carbons (Fsp3) is 0.688. The summed E-state index contributed by atoms with van der Waals surface area (Å²) in [5.41, 5.74) is 0. The number of carbonyl (C=O) groups is 5. The molecule has 3 amide bonds. The first-order valence-corrected chi connectivity index (χ1v) is 7.68. The van der Waals surface area contributed by atoms with Crippen LogP contribution in [0.2, 0.25) is 0 Å². The molecule has 0 aromatic carbocycles. The third kappa shape index (κ3) is 7.34. The van der Waals surface area contributed by atoms with E-state index in [-0.39, 0.29) is 43.5 Å². The Hall–Kier alpha value is -2.25. The van der Waals surface area contributed by atoms with Gasteiger partial charge >= 0.3 is 0 Å². The lowest BCUT2D eigenvalue weighted by atomic mass is 10.1. The van der Waals surface area contributed by atoms with Gasteiger partial charge in [-0.1, -0.05) is 0 Å². The van der Waals surface area contributed by atoms with Gasteiger partial charge in [-0.25, -0.2) is 0 Å². The van der Waals surface area contributed by atoms with Crippen LogP contribution < -0.4 is 0 Å².